The monoisotopic (exact) mass is 2090 g/mol. The number of anilines is 4. The zero-order valence-electron chi connectivity index (χ0n) is 82.0. The third-order valence-corrected chi connectivity index (χ3v) is 27.2. The number of amides is 8. The summed E-state index contributed by atoms with van der Waals surface area (Å²) in [6, 6.07) is 4.72. The van der Waals surface area contributed by atoms with E-state index >= 15 is 0 Å². The Morgan fingerprint density at radius 3 is 1.03 bits per heavy atom. The fraction of sp³-hybridized carbons (Fsp3) is 0.579. The Kier molecular flexibility index (Phi) is 39.0. The zero-order chi connectivity index (χ0) is 105. The smallest absolute Gasteiger partial charge is 0.389 e. The number of likely N-dealkylation sites (tertiary alicyclic amines) is 4. The highest BCUT2D eigenvalue weighted by Gasteiger charge is 2.43. The summed E-state index contributed by atoms with van der Waals surface area (Å²) >= 11 is 3.65. The van der Waals surface area contributed by atoms with Crippen molar-refractivity contribution in [3.8, 4) is 41.8 Å². The number of alkyl halides is 12. The molecule has 0 aromatic carbocycles. The van der Waals surface area contributed by atoms with Gasteiger partial charge in [0.25, 0.3) is 47.3 Å². The molecular weight excluding hydrogens is 1970 g/mol. The number of carbonyl (C=O) groups excluding carboxylic acids is 8. The summed E-state index contributed by atoms with van der Waals surface area (Å²) in [4.78, 5) is 145. The van der Waals surface area contributed by atoms with E-state index in [1.54, 1.807) is 56.8 Å². The van der Waals surface area contributed by atoms with Gasteiger partial charge in [0.05, 0.1) is 53.0 Å². The lowest BCUT2D eigenvalue weighted by molar-refractivity contribution is -0.138. The van der Waals surface area contributed by atoms with Crippen molar-refractivity contribution in [2.24, 2.45) is 0 Å². The number of thiazole rings is 4. The van der Waals surface area contributed by atoms with Crippen LogP contribution in [0, 0.1) is 13.8 Å². The lowest BCUT2D eigenvalue weighted by Crippen LogP contribution is -2.39. The number of pyridine rings is 4. The van der Waals surface area contributed by atoms with Crippen LogP contribution in [0.5, 0.6) is 0 Å². The molecule has 1 aliphatic carbocycles. The van der Waals surface area contributed by atoms with Crippen LogP contribution in [0.2, 0.25) is 0 Å². The van der Waals surface area contributed by atoms with E-state index in [2.05, 4.69) is 89.3 Å². The van der Waals surface area contributed by atoms with Gasteiger partial charge in [0.2, 0.25) is 5.92 Å². The number of carbonyl (C=O) groups is 8. The topological polar surface area (TPSA) is 430 Å². The highest BCUT2D eigenvalue weighted by molar-refractivity contribution is 7.18. The average Bonchev–Trinajstić information content (AvgIpc) is 1.70. The molecule has 4 aliphatic heterocycles. The number of halogens is 12. The van der Waals surface area contributed by atoms with Crippen molar-refractivity contribution in [2.45, 2.75) is 264 Å². The first-order valence-electron chi connectivity index (χ1n) is 47.1. The lowest BCUT2D eigenvalue weighted by atomic mass is 9.92. The largest absolute Gasteiger partial charge is 0.419 e. The Morgan fingerprint density at radius 1 is 0.427 bits per heavy atom. The molecule has 5 aliphatic rings. The Labute approximate surface area is 836 Å². The van der Waals surface area contributed by atoms with E-state index in [4.69, 9.17) is 0 Å². The molecule has 12 heterocycles. The Balaban J connectivity index is 0.000000197. The third-order valence-electron chi connectivity index (χ3n) is 22.8. The van der Waals surface area contributed by atoms with Gasteiger partial charge in [-0.15, -0.1) is 45.3 Å². The maximum Gasteiger partial charge on any atom is 0.419 e. The van der Waals surface area contributed by atoms with Gasteiger partial charge in [-0.1, -0.05) is 13.8 Å². The molecule has 48 heteroatoms. The first-order valence-corrected chi connectivity index (χ1v) is 50.4. The van der Waals surface area contributed by atoms with E-state index in [0.717, 1.165) is 93.6 Å². The van der Waals surface area contributed by atoms with Crippen LogP contribution in [0.25, 0.3) is 41.8 Å². The molecule has 8 aromatic rings. The Hall–Kier alpha value is -10.9. The molecular formula is C95H124F12N20O12S4. The molecule has 143 heavy (non-hydrogen) atoms. The highest BCUT2D eigenvalue weighted by atomic mass is 32.1. The van der Waals surface area contributed by atoms with Gasteiger partial charge >= 0.3 is 12.4 Å². The van der Waals surface area contributed by atoms with E-state index < -0.39 is 130 Å². The zero-order valence-corrected chi connectivity index (χ0v) is 85.2. The van der Waals surface area contributed by atoms with Gasteiger partial charge in [0, 0.05) is 164 Å². The number of rotatable bonds is 30. The van der Waals surface area contributed by atoms with Crippen LogP contribution in [0.4, 0.5) is 76.0 Å². The SMILES string of the molecule is CC(C)(O)CNC(=O)c1nc(C(=O)N2CCC(F)CC2)c(-c2cnc(NC3CCCC(F)(F)C3)c(C(F)(F)F)c2)s1.CCCNc1cc(C)c(-c2sc(C(=O)NCC(C)(C)O)nc2C(=O)N2CCC(F)CC2)cn1.CCCNc1ncc(-c2sc(C(=O)NCC(C)(C)O)nc2C(=O)N2CCC(F)CC2)cc1C(F)(F)F.Cc1cc(NC(C)C)ncc1-c1sc(C(=O)NCC(C)(C)O)nc1C(=O)N1CCC(F)CC1. The average molecular weight is 2090 g/mol. The number of piperidine rings is 4. The summed E-state index contributed by atoms with van der Waals surface area (Å²) in [5.41, 5.74) is -3.96. The standard InChI is InChI=1S/C26H31F6N5O3S.C23H29F4N5O3S.2C23H32FN5O3S/c1-24(2,40)13-34-21(38)22-36-18(23(39)37-8-5-15(27)6-9-37)19(41-22)14-10-17(26(30,31)32)20(33-12-14)35-16-4-3-7-25(28,29)11-16;1-4-7-28-18-15(23(25,26)27)10-13(11-29-18)17-16(21(34)32-8-5-14(24)6-9-32)31-20(36-17)19(33)30-12-22(2,3)35;1-13(2)27-17-10-14(3)16(11-25-17)19-18(22(31)29-8-6-15(24)7-9-29)28-21(33-19)20(30)26-12-23(4,5)32;1-5-8-25-17-11-14(2)16(12-26-17)19-18(22(31)29-9-6-15(24)7-10-29)28-21(33-19)20(30)27-13-23(3,4)32/h10,12,15-16,40H,3-9,11,13H2,1-2H3,(H,33,35)(H,34,38);10-11,14,35H,4-9,12H2,1-3H3,(H,28,29)(H,30,33);10-11,13,15,32H,6-9,12H2,1-5H3,(H,25,27)(H,26,30);11-12,15,32H,5-10,13H2,1-4H3,(H,25,26)(H,27,30). The van der Waals surface area contributed by atoms with Crippen LogP contribution in [0.15, 0.2) is 49.1 Å². The van der Waals surface area contributed by atoms with Crippen molar-refractivity contribution in [2.75, 3.05) is 113 Å². The minimum atomic E-state index is -4.92. The second-order valence-corrected chi connectivity index (χ2v) is 42.6. The third kappa shape index (κ3) is 33.0. The molecule has 1 atom stereocenters. The molecule has 1 saturated carbocycles. The summed E-state index contributed by atoms with van der Waals surface area (Å²) in [6.45, 7) is 26.6. The van der Waals surface area contributed by atoms with Crippen LogP contribution < -0.4 is 42.5 Å². The van der Waals surface area contributed by atoms with Crippen LogP contribution in [-0.2, 0) is 12.4 Å². The molecule has 0 bridgehead atoms. The summed E-state index contributed by atoms with van der Waals surface area (Å²) in [5, 5.41) is 61.5. The van der Waals surface area contributed by atoms with Gasteiger partial charge in [-0.3, -0.25) is 38.4 Å². The van der Waals surface area contributed by atoms with E-state index in [1.165, 1.54) is 43.7 Å². The molecule has 5 fully saturated rings. The second-order valence-electron chi connectivity index (χ2n) is 38.6. The molecule has 8 aromatic heterocycles. The van der Waals surface area contributed by atoms with Crippen LogP contribution in [-0.4, -0.2) is 284 Å². The van der Waals surface area contributed by atoms with Gasteiger partial charge in [-0.25, -0.2) is 66.2 Å². The summed E-state index contributed by atoms with van der Waals surface area (Å²) in [7, 11) is 0. The maximum atomic E-state index is 14.1. The summed E-state index contributed by atoms with van der Waals surface area (Å²) in [6.07, 6.45) is -5.31. The van der Waals surface area contributed by atoms with Crippen molar-refractivity contribution in [1.82, 2.24) is 80.7 Å². The normalized spacial score (nSPS) is 16.5. The Bertz CT molecular complexity index is 5740. The highest BCUT2D eigenvalue weighted by Crippen LogP contribution is 2.45. The molecule has 784 valence electrons. The predicted molar refractivity (Wildman–Crippen MR) is 523 cm³/mol. The van der Waals surface area contributed by atoms with E-state index in [0.29, 0.717) is 84.9 Å². The number of hydrogen-bond donors (Lipinski definition) is 12. The van der Waals surface area contributed by atoms with Crippen LogP contribution in [0.3, 0.4) is 0 Å². The molecule has 13 rings (SSSR count). The van der Waals surface area contributed by atoms with Gasteiger partial charge in [-0.2, -0.15) is 26.3 Å². The summed E-state index contributed by atoms with van der Waals surface area (Å²) < 4.78 is 166. The van der Waals surface area contributed by atoms with Crippen molar-refractivity contribution < 1.29 is 111 Å². The molecule has 4 saturated heterocycles. The quantitative estimate of drug-likeness (QED) is 0.0186. The van der Waals surface area contributed by atoms with Crippen molar-refractivity contribution >= 4 is 116 Å². The van der Waals surface area contributed by atoms with E-state index in [9.17, 15) is 111 Å². The fourth-order valence-electron chi connectivity index (χ4n) is 15.2. The fourth-order valence-corrected chi connectivity index (χ4v) is 19.2. The second kappa shape index (κ2) is 48.9. The first kappa shape index (κ1) is 114. The molecule has 0 radical (unpaired) electrons. The lowest BCUT2D eigenvalue weighted by Gasteiger charge is -2.30. The number of hydrogen-bond acceptors (Lipinski definition) is 28. The van der Waals surface area contributed by atoms with Gasteiger partial charge in [-0.05, 0) is 196 Å². The van der Waals surface area contributed by atoms with Crippen molar-refractivity contribution in [3.05, 3.63) is 114 Å². The minimum Gasteiger partial charge on any atom is -0.389 e. The number of nitrogens with one attached hydrogen (secondary N) is 8. The number of nitrogens with zero attached hydrogens (tertiary/aromatic N) is 12. The molecule has 0 spiro atoms. The van der Waals surface area contributed by atoms with Crippen molar-refractivity contribution in [3.63, 3.8) is 0 Å². The number of aliphatic hydroxyl groups is 4. The predicted octanol–water partition coefficient (Wildman–Crippen LogP) is 16.2. The number of aromatic nitrogens is 8. The molecule has 12 N–H and O–H groups in total. The van der Waals surface area contributed by atoms with E-state index in [-0.39, 0.29) is 191 Å². The van der Waals surface area contributed by atoms with Crippen LogP contribution in [0.1, 0.15) is 276 Å². The molecule has 8 amide bonds. The molecule has 32 nitrogen and oxygen atoms in total. The van der Waals surface area contributed by atoms with Crippen molar-refractivity contribution in [1.29, 1.82) is 0 Å². The van der Waals surface area contributed by atoms with Gasteiger partial charge < -0.3 is 82.6 Å². The first-order chi connectivity index (χ1) is 66.8. The van der Waals surface area contributed by atoms with Crippen LogP contribution >= 0.6 is 45.3 Å². The van der Waals surface area contributed by atoms with Gasteiger partial charge in [0.1, 0.15) is 70.7 Å². The maximum absolute atomic E-state index is 14.1. The minimum absolute atomic E-state index is 0.0212. The van der Waals surface area contributed by atoms with E-state index in [1.807, 2.05) is 39.8 Å². The summed E-state index contributed by atoms with van der Waals surface area (Å²) in [5.74, 6) is -6.76. The number of aryl methyl sites for hydroxylation is 2. The Morgan fingerprint density at radius 2 is 0.727 bits per heavy atom. The molecule has 1 unspecified atom stereocenters. The van der Waals surface area contributed by atoms with Gasteiger partial charge in [0.15, 0.2) is 20.0 Å².